The normalized spacial score (nSPS) is 33.7. The maximum absolute atomic E-state index is 10.6. The molecule has 0 saturated heterocycles. The maximum atomic E-state index is 10.6. The summed E-state index contributed by atoms with van der Waals surface area (Å²) >= 11 is 0. The van der Waals surface area contributed by atoms with Gasteiger partial charge in [0.05, 0.1) is 12.0 Å². The van der Waals surface area contributed by atoms with Gasteiger partial charge in [-0.25, -0.2) is 0 Å². The fraction of sp³-hybridized carbons (Fsp3) is 0.857. The molecule has 3 heteroatoms. The van der Waals surface area contributed by atoms with Crippen LogP contribution in [0.1, 0.15) is 25.7 Å². The van der Waals surface area contributed by atoms with Gasteiger partial charge in [0.25, 0.3) is 0 Å². The van der Waals surface area contributed by atoms with E-state index in [4.69, 9.17) is 5.73 Å². The van der Waals surface area contributed by atoms with Gasteiger partial charge in [-0.05, 0) is 12.8 Å². The molecular weight excluding hydrogens is 130 g/mol. The van der Waals surface area contributed by atoms with Gasteiger partial charge in [0, 0.05) is 0 Å². The van der Waals surface area contributed by atoms with E-state index in [1.165, 1.54) is 0 Å². The minimum atomic E-state index is -0.480. The molecule has 0 spiro atoms. The summed E-state index contributed by atoms with van der Waals surface area (Å²) in [5.74, 6) is -0.638. The molecule has 0 unspecified atom stereocenters. The second-order valence-corrected chi connectivity index (χ2v) is 2.86. The van der Waals surface area contributed by atoms with E-state index in [1.54, 1.807) is 0 Å². The highest BCUT2D eigenvalue weighted by Gasteiger charge is 2.26. The number of nitrogens with two attached hydrogens (primary N) is 1. The molecule has 1 amide bonds. The molecule has 1 aliphatic rings. The highest BCUT2D eigenvalue weighted by Crippen LogP contribution is 2.23. The van der Waals surface area contributed by atoms with Gasteiger partial charge in [-0.15, -0.1) is 0 Å². The Hall–Kier alpha value is -0.570. The van der Waals surface area contributed by atoms with E-state index in [0.29, 0.717) is 0 Å². The first-order chi connectivity index (χ1) is 4.72. The Morgan fingerprint density at radius 1 is 1.40 bits per heavy atom. The van der Waals surface area contributed by atoms with E-state index >= 15 is 0 Å². The Bertz CT molecular complexity index is 136. The van der Waals surface area contributed by atoms with Crippen LogP contribution >= 0.6 is 0 Å². The highest BCUT2D eigenvalue weighted by molar-refractivity contribution is 5.77. The summed E-state index contributed by atoms with van der Waals surface area (Å²) in [5.41, 5.74) is 5.06. The van der Waals surface area contributed by atoms with Crippen LogP contribution in [-0.2, 0) is 4.79 Å². The second kappa shape index (κ2) is 3.01. The molecule has 0 heterocycles. The van der Waals surface area contributed by atoms with E-state index in [1.807, 2.05) is 0 Å². The predicted octanol–water partition coefficient (Wildman–Crippen LogP) is 0.0228. The topological polar surface area (TPSA) is 63.3 Å². The summed E-state index contributed by atoms with van der Waals surface area (Å²) in [6.45, 7) is 0. The summed E-state index contributed by atoms with van der Waals surface area (Å²) in [7, 11) is 0. The van der Waals surface area contributed by atoms with Gasteiger partial charge in [-0.1, -0.05) is 12.8 Å². The third-order valence-corrected chi connectivity index (χ3v) is 2.09. The van der Waals surface area contributed by atoms with Crippen LogP contribution < -0.4 is 5.73 Å². The van der Waals surface area contributed by atoms with Crippen molar-refractivity contribution < 1.29 is 9.90 Å². The number of carbonyl (C=O) groups excluding carboxylic acids is 1. The molecule has 0 aromatic carbocycles. The fourth-order valence-corrected chi connectivity index (χ4v) is 1.44. The number of hydrogen-bond acceptors (Lipinski definition) is 2. The lowest BCUT2D eigenvalue weighted by Crippen LogP contribution is -2.35. The zero-order valence-corrected chi connectivity index (χ0v) is 5.92. The first-order valence-electron chi connectivity index (χ1n) is 3.69. The van der Waals surface area contributed by atoms with Gasteiger partial charge < -0.3 is 10.8 Å². The molecule has 0 radical (unpaired) electrons. The van der Waals surface area contributed by atoms with Gasteiger partial charge >= 0.3 is 0 Å². The lowest BCUT2D eigenvalue weighted by molar-refractivity contribution is -0.126. The van der Waals surface area contributed by atoms with Crippen LogP contribution in [0.3, 0.4) is 0 Å². The Kier molecular flexibility index (Phi) is 2.27. The van der Waals surface area contributed by atoms with Crippen molar-refractivity contribution in [2.75, 3.05) is 0 Å². The van der Waals surface area contributed by atoms with Crippen LogP contribution in [0.5, 0.6) is 0 Å². The Balaban J connectivity index is 2.47. The predicted molar refractivity (Wildman–Crippen MR) is 37.2 cm³/mol. The quantitative estimate of drug-likeness (QED) is 0.543. The molecule has 1 saturated carbocycles. The number of amides is 1. The van der Waals surface area contributed by atoms with Crippen LogP contribution in [-0.4, -0.2) is 17.1 Å². The number of primary amides is 1. The first kappa shape index (κ1) is 7.54. The van der Waals surface area contributed by atoms with Crippen LogP contribution in [0.4, 0.5) is 0 Å². The molecule has 0 aliphatic heterocycles. The number of rotatable bonds is 1. The third kappa shape index (κ3) is 1.48. The minimum absolute atomic E-state index is 0.284. The Labute approximate surface area is 60.2 Å². The third-order valence-electron chi connectivity index (χ3n) is 2.09. The zero-order chi connectivity index (χ0) is 7.56. The van der Waals surface area contributed by atoms with Gasteiger partial charge in [-0.3, -0.25) is 4.79 Å². The van der Waals surface area contributed by atoms with Crippen molar-refractivity contribution in [1.29, 1.82) is 0 Å². The molecule has 10 heavy (non-hydrogen) atoms. The van der Waals surface area contributed by atoms with Crippen molar-refractivity contribution in [3.63, 3.8) is 0 Å². The lowest BCUT2D eigenvalue weighted by atomic mass is 9.86. The standard InChI is InChI=1S/C7H13NO2/c8-7(10)5-3-1-2-4-6(5)9/h5-6,9H,1-4H2,(H2,8,10)/t5-,6+/m0/s1. The summed E-state index contributed by atoms with van der Waals surface area (Å²) in [4.78, 5) is 10.6. The summed E-state index contributed by atoms with van der Waals surface area (Å²) in [5, 5.41) is 9.24. The SMILES string of the molecule is NC(=O)[C@H]1CCCC[C@H]1O. The molecule has 1 rings (SSSR count). The maximum Gasteiger partial charge on any atom is 0.223 e. The average Bonchev–Trinajstić information content (AvgIpc) is 1.88. The van der Waals surface area contributed by atoms with Gasteiger partial charge in [-0.2, -0.15) is 0 Å². The molecule has 0 aromatic rings. The van der Waals surface area contributed by atoms with Crippen LogP contribution in [0.25, 0.3) is 0 Å². The van der Waals surface area contributed by atoms with Gasteiger partial charge in [0.15, 0.2) is 0 Å². The molecule has 3 N–H and O–H groups in total. The van der Waals surface area contributed by atoms with Crippen molar-refractivity contribution in [3.05, 3.63) is 0 Å². The van der Waals surface area contributed by atoms with E-state index in [-0.39, 0.29) is 11.8 Å². The Morgan fingerprint density at radius 2 is 2.00 bits per heavy atom. The molecule has 2 atom stereocenters. The van der Waals surface area contributed by atoms with Crippen molar-refractivity contribution in [3.8, 4) is 0 Å². The van der Waals surface area contributed by atoms with E-state index < -0.39 is 6.10 Å². The molecule has 58 valence electrons. The number of aliphatic hydroxyl groups is 1. The van der Waals surface area contributed by atoms with E-state index in [2.05, 4.69) is 0 Å². The number of carbonyl (C=O) groups is 1. The van der Waals surface area contributed by atoms with Crippen molar-refractivity contribution in [1.82, 2.24) is 0 Å². The minimum Gasteiger partial charge on any atom is -0.392 e. The molecule has 0 bridgehead atoms. The van der Waals surface area contributed by atoms with Gasteiger partial charge in [0.1, 0.15) is 0 Å². The molecule has 3 nitrogen and oxygen atoms in total. The van der Waals surface area contributed by atoms with E-state index in [9.17, 15) is 9.90 Å². The average molecular weight is 143 g/mol. The van der Waals surface area contributed by atoms with Crippen molar-refractivity contribution >= 4 is 5.91 Å². The number of aliphatic hydroxyl groups excluding tert-OH is 1. The highest BCUT2D eigenvalue weighted by atomic mass is 16.3. The lowest BCUT2D eigenvalue weighted by Gasteiger charge is -2.24. The largest absolute Gasteiger partial charge is 0.392 e. The van der Waals surface area contributed by atoms with Gasteiger partial charge in [0.2, 0.25) is 5.91 Å². The van der Waals surface area contributed by atoms with Crippen LogP contribution in [0.15, 0.2) is 0 Å². The smallest absolute Gasteiger partial charge is 0.223 e. The van der Waals surface area contributed by atoms with Crippen LogP contribution in [0, 0.1) is 5.92 Å². The Morgan fingerprint density at radius 3 is 2.40 bits per heavy atom. The van der Waals surface area contributed by atoms with Crippen molar-refractivity contribution in [2.24, 2.45) is 11.7 Å². The summed E-state index contributed by atoms with van der Waals surface area (Å²) < 4.78 is 0. The van der Waals surface area contributed by atoms with Crippen molar-refractivity contribution in [2.45, 2.75) is 31.8 Å². The zero-order valence-electron chi connectivity index (χ0n) is 5.92. The van der Waals surface area contributed by atoms with Crippen LogP contribution in [0.2, 0.25) is 0 Å². The monoisotopic (exact) mass is 143 g/mol. The van der Waals surface area contributed by atoms with E-state index in [0.717, 1.165) is 25.7 Å². The number of hydrogen-bond donors (Lipinski definition) is 2. The molecular formula is C7H13NO2. The molecule has 1 fully saturated rings. The summed E-state index contributed by atoms with van der Waals surface area (Å²) in [6.07, 6.45) is 3.05. The fourth-order valence-electron chi connectivity index (χ4n) is 1.44. The second-order valence-electron chi connectivity index (χ2n) is 2.86. The molecule has 1 aliphatic carbocycles. The summed E-state index contributed by atoms with van der Waals surface area (Å²) in [6, 6.07) is 0. The first-order valence-corrected chi connectivity index (χ1v) is 3.69. The molecule has 0 aromatic heterocycles.